The molecule has 0 bridgehead atoms. The standard InChI is InChI=1S/C18H28N2O2/c1-13(2)11-17(19)18(21)20-15-9-7-14(8-10-15)12-22-16-5-3-4-6-16/h7-10,13,16-17H,3-6,11-12,19H2,1-2H3,(H,20,21)/t17-/m0/s1. The number of amides is 1. The summed E-state index contributed by atoms with van der Waals surface area (Å²) in [7, 11) is 0. The van der Waals surface area contributed by atoms with Crippen molar-refractivity contribution >= 4 is 11.6 Å². The van der Waals surface area contributed by atoms with Gasteiger partial charge in [-0.15, -0.1) is 0 Å². The van der Waals surface area contributed by atoms with E-state index < -0.39 is 6.04 Å². The van der Waals surface area contributed by atoms with E-state index in [4.69, 9.17) is 10.5 Å². The molecule has 1 amide bonds. The van der Waals surface area contributed by atoms with Crippen molar-refractivity contribution in [3.05, 3.63) is 29.8 Å². The van der Waals surface area contributed by atoms with Crippen LogP contribution in [0.3, 0.4) is 0 Å². The molecule has 0 heterocycles. The topological polar surface area (TPSA) is 64.4 Å². The van der Waals surface area contributed by atoms with E-state index >= 15 is 0 Å². The van der Waals surface area contributed by atoms with Gasteiger partial charge in [-0.1, -0.05) is 38.8 Å². The molecule has 1 atom stereocenters. The molecule has 0 spiro atoms. The Morgan fingerprint density at radius 1 is 1.27 bits per heavy atom. The highest BCUT2D eigenvalue weighted by Crippen LogP contribution is 2.22. The fourth-order valence-corrected chi connectivity index (χ4v) is 2.80. The van der Waals surface area contributed by atoms with E-state index in [1.165, 1.54) is 25.7 Å². The Hall–Kier alpha value is -1.39. The number of nitrogens with two attached hydrogens (primary N) is 1. The zero-order chi connectivity index (χ0) is 15.9. The maximum absolute atomic E-state index is 12.0. The largest absolute Gasteiger partial charge is 0.374 e. The first-order valence-electron chi connectivity index (χ1n) is 8.31. The highest BCUT2D eigenvalue weighted by Gasteiger charge is 2.16. The molecule has 22 heavy (non-hydrogen) atoms. The molecule has 4 nitrogen and oxygen atoms in total. The smallest absolute Gasteiger partial charge is 0.241 e. The summed E-state index contributed by atoms with van der Waals surface area (Å²) in [5.74, 6) is 0.291. The lowest BCUT2D eigenvalue weighted by atomic mass is 10.0. The van der Waals surface area contributed by atoms with Crippen LogP contribution in [-0.2, 0) is 16.1 Å². The molecule has 0 unspecified atom stereocenters. The van der Waals surface area contributed by atoms with Crippen molar-refractivity contribution in [2.45, 2.75) is 64.7 Å². The van der Waals surface area contributed by atoms with Gasteiger partial charge in [0.25, 0.3) is 0 Å². The molecule has 122 valence electrons. The van der Waals surface area contributed by atoms with Gasteiger partial charge in [-0.3, -0.25) is 4.79 Å². The number of hydrogen-bond donors (Lipinski definition) is 2. The number of ether oxygens (including phenoxy) is 1. The minimum absolute atomic E-state index is 0.122. The van der Waals surface area contributed by atoms with E-state index in [2.05, 4.69) is 19.2 Å². The molecule has 4 heteroatoms. The average molecular weight is 304 g/mol. The van der Waals surface area contributed by atoms with Gasteiger partial charge in [0.2, 0.25) is 5.91 Å². The molecule has 1 fully saturated rings. The van der Waals surface area contributed by atoms with Crippen molar-refractivity contribution in [2.24, 2.45) is 11.7 Å². The summed E-state index contributed by atoms with van der Waals surface area (Å²) < 4.78 is 5.88. The lowest BCUT2D eigenvalue weighted by Gasteiger charge is -2.15. The van der Waals surface area contributed by atoms with E-state index in [0.29, 0.717) is 25.0 Å². The number of benzene rings is 1. The molecule has 1 aromatic rings. The van der Waals surface area contributed by atoms with Crippen molar-refractivity contribution in [3.8, 4) is 0 Å². The van der Waals surface area contributed by atoms with E-state index in [9.17, 15) is 4.79 Å². The fourth-order valence-electron chi connectivity index (χ4n) is 2.80. The van der Waals surface area contributed by atoms with Crippen molar-refractivity contribution in [1.29, 1.82) is 0 Å². The second kappa shape index (κ2) is 8.30. The molecule has 3 N–H and O–H groups in total. The summed E-state index contributed by atoms with van der Waals surface area (Å²) in [5.41, 5.74) is 7.80. The van der Waals surface area contributed by atoms with Crippen molar-refractivity contribution < 1.29 is 9.53 Å². The van der Waals surface area contributed by atoms with Crippen LogP contribution in [0.2, 0.25) is 0 Å². The summed E-state index contributed by atoms with van der Waals surface area (Å²) >= 11 is 0. The first-order valence-corrected chi connectivity index (χ1v) is 8.31. The fraction of sp³-hybridized carbons (Fsp3) is 0.611. The van der Waals surface area contributed by atoms with Gasteiger partial charge in [0.15, 0.2) is 0 Å². The van der Waals surface area contributed by atoms with E-state index in [1.54, 1.807) is 0 Å². The molecule has 2 rings (SSSR count). The van der Waals surface area contributed by atoms with Gasteiger partial charge >= 0.3 is 0 Å². The van der Waals surface area contributed by atoms with Gasteiger partial charge in [-0.05, 0) is 42.9 Å². The molecule has 1 aliphatic rings. The van der Waals surface area contributed by atoms with Crippen LogP contribution >= 0.6 is 0 Å². The Morgan fingerprint density at radius 3 is 2.50 bits per heavy atom. The third-order valence-electron chi connectivity index (χ3n) is 4.07. The second-order valence-electron chi connectivity index (χ2n) is 6.64. The van der Waals surface area contributed by atoms with Gasteiger partial charge in [-0.2, -0.15) is 0 Å². The van der Waals surface area contributed by atoms with Crippen LogP contribution in [0.15, 0.2) is 24.3 Å². The Morgan fingerprint density at radius 2 is 1.91 bits per heavy atom. The first-order chi connectivity index (χ1) is 10.5. The third-order valence-corrected chi connectivity index (χ3v) is 4.07. The third kappa shape index (κ3) is 5.43. The number of carbonyl (C=O) groups is 1. The first kappa shape index (κ1) is 17.0. The number of anilines is 1. The quantitative estimate of drug-likeness (QED) is 0.811. The zero-order valence-corrected chi connectivity index (χ0v) is 13.7. The Labute approximate surface area is 133 Å². The van der Waals surface area contributed by atoms with Crippen molar-refractivity contribution in [3.63, 3.8) is 0 Å². The summed E-state index contributed by atoms with van der Waals surface area (Å²) in [4.78, 5) is 12.0. The molecular weight excluding hydrogens is 276 g/mol. The lowest BCUT2D eigenvalue weighted by Crippen LogP contribution is -2.36. The van der Waals surface area contributed by atoms with Crippen LogP contribution in [0, 0.1) is 5.92 Å². The summed E-state index contributed by atoms with van der Waals surface area (Å²) in [5, 5.41) is 2.87. The molecule has 1 saturated carbocycles. The zero-order valence-electron chi connectivity index (χ0n) is 13.7. The van der Waals surface area contributed by atoms with Crippen LogP contribution in [-0.4, -0.2) is 18.1 Å². The predicted octanol–water partition coefficient (Wildman–Crippen LogP) is 3.46. The second-order valence-corrected chi connectivity index (χ2v) is 6.64. The highest BCUT2D eigenvalue weighted by atomic mass is 16.5. The molecule has 0 aromatic heterocycles. The molecule has 0 saturated heterocycles. The number of nitrogens with one attached hydrogen (secondary N) is 1. The monoisotopic (exact) mass is 304 g/mol. The Balaban J connectivity index is 1.79. The Bertz CT molecular complexity index is 464. The minimum Gasteiger partial charge on any atom is -0.374 e. The summed E-state index contributed by atoms with van der Waals surface area (Å²) in [6, 6.07) is 7.36. The average Bonchev–Trinajstić information content (AvgIpc) is 2.99. The number of carbonyl (C=O) groups excluding carboxylic acids is 1. The SMILES string of the molecule is CC(C)C[C@H](N)C(=O)Nc1ccc(COC2CCCC2)cc1. The maximum atomic E-state index is 12.0. The van der Waals surface area contributed by atoms with Gasteiger partial charge in [0.05, 0.1) is 18.8 Å². The summed E-state index contributed by atoms with van der Waals surface area (Å²) in [6.45, 7) is 4.77. The number of rotatable bonds is 7. The van der Waals surface area contributed by atoms with Crippen molar-refractivity contribution in [2.75, 3.05) is 5.32 Å². The van der Waals surface area contributed by atoms with Gasteiger partial charge in [-0.25, -0.2) is 0 Å². The van der Waals surface area contributed by atoms with Crippen molar-refractivity contribution in [1.82, 2.24) is 0 Å². The van der Waals surface area contributed by atoms with Crippen LogP contribution < -0.4 is 11.1 Å². The van der Waals surface area contributed by atoms with Crippen LogP contribution in [0.4, 0.5) is 5.69 Å². The minimum atomic E-state index is -0.453. The van der Waals surface area contributed by atoms with E-state index in [0.717, 1.165) is 11.3 Å². The van der Waals surface area contributed by atoms with Crippen LogP contribution in [0.1, 0.15) is 51.5 Å². The molecular formula is C18H28N2O2. The van der Waals surface area contributed by atoms with Gasteiger partial charge in [0.1, 0.15) is 0 Å². The van der Waals surface area contributed by atoms with Gasteiger partial charge in [0, 0.05) is 5.69 Å². The molecule has 1 aromatic carbocycles. The molecule has 1 aliphatic carbocycles. The normalized spacial score (nSPS) is 16.9. The van der Waals surface area contributed by atoms with Crippen LogP contribution in [0.5, 0.6) is 0 Å². The molecule has 0 aliphatic heterocycles. The number of hydrogen-bond acceptors (Lipinski definition) is 3. The van der Waals surface area contributed by atoms with Crippen LogP contribution in [0.25, 0.3) is 0 Å². The maximum Gasteiger partial charge on any atom is 0.241 e. The van der Waals surface area contributed by atoms with E-state index in [1.807, 2.05) is 24.3 Å². The highest BCUT2D eigenvalue weighted by molar-refractivity contribution is 5.94. The molecule has 0 radical (unpaired) electrons. The lowest BCUT2D eigenvalue weighted by molar-refractivity contribution is -0.117. The predicted molar refractivity (Wildman–Crippen MR) is 89.5 cm³/mol. The summed E-state index contributed by atoms with van der Waals surface area (Å²) in [6.07, 6.45) is 6.05. The van der Waals surface area contributed by atoms with E-state index in [-0.39, 0.29) is 5.91 Å². The Kier molecular flexibility index (Phi) is 6.40. The van der Waals surface area contributed by atoms with Gasteiger partial charge < -0.3 is 15.8 Å².